The number of benzene rings is 4. The highest BCUT2D eigenvalue weighted by Gasteiger charge is 2.13. The van der Waals surface area contributed by atoms with Gasteiger partial charge in [-0.25, -0.2) is 0 Å². The third-order valence-electron chi connectivity index (χ3n) is 4.30. The van der Waals surface area contributed by atoms with E-state index >= 15 is 0 Å². The van der Waals surface area contributed by atoms with Crippen molar-refractivity contribution < 1.29 is 4.79 Å². The molecule has 0 aliphatic carbocycles. The van der Waals surface area contributed by atoms with Crippen LogP contribution in [-0.4, -0.2) is 5.91 Å². The maximum Gasteiger partial charge on any atom is 0.221 e. The molecule has 2 heteroatoms. The Balaban J connectivity index is 2.12. The number of amides is 1. The molecule has 0 aromatic heterocycles. The standard InChI is InChI=1S/C22H17NO/c1-15(24)23-21-14-13-17-8-3-5-11-19(17)22(21)20-12-6-9-16-7-2-4-10-18(16)20/h2-14H,1H3,(H,23,24). The topological polar surface area (TPSA) is 29.1 Å². The molecule has 2 nitrogen and oxygen atoms in total. The minimum Gasteiger partial charge on any atom is -0.326 e. The average molecular weight is 311 g/mol. The Bertz CT molecular complexity index is 1060. The third-order valence-corrected chi connectivity index (χ3v) is 4.30. The molecule has 4 rings (SSSR count). The number of rotatable bonds is 2. The molecule has 1 N–H and O–H groups in total. The molecule has 0 unspecified atom stereocenters. The molecule has 0 spiro atoms. The molecular formula is C22H17NO. The van der Waals surface area contributed by atoms with E-state index < -0.39 is 0 Å². The lowest BCUT2D eigenvalue weighted by atomic mass is 9.92. The molecule has 24 heavy (non-hydrogen) atoms. The predicted molar refractivity (Wildman–Crippen MR) is 101 cm³/mol. The molecule has 0 aliphatic heterocycles. The van der Waals surface area contributed by atoms with Gasteiger partial charge >= 0.3 is 0 Å². The second-order valence-electron chi connectivity index (χ2n) is 5.92. The Morgan fingerprint density at radius 3 is 2.08 bits per heavy atom. The number of hydrogen-bond acceptors (Lipinski definition) is 1. The van der Waals surface area contributed by atoms with Crippen LogP contribution in [0.1, 0.15) is 6.92 Å². The van der Waals surface area contributed by atoms with E-state index in [0.717, 1.165) is 27.6 Å². The van der Waals surface area contributed by atoms with Crippen LogP contribution in [0.25, 0.3) is 32.7 Å². The summed E-state index contributed by atoms with van der Waals surface area (Å²) < 4.78 is 0. The van der Waals surface area contributed by atoms with Crippen LogP contribution >= 0.6 is 0 Å². The van der Waals surface area contributed by atoms with Gasteiger partial charge in [-0.1, -0.05) is 72.8 Å². The molecule has 0 bridgehead atoms. The lowest BCUT2D eigenvalue weighted by Crippen LogP contribution is -2.07. The third kappa shape index (κ3) is 2.42. The molecule has 4 aromatic carbocycles. The quantitative estimate of drug-likeness (QED) is 0.511. The van der Waals surface area contributed by atoms with Crippen LogP contribution in [-0.2, 0) is 4.79 Å². The molecule has 0 aliphatic rings. The highest BCUT2D eigenvalue weighted by atomic mass is 16.1. The van der Waals surface area contributed by atoms with Crippen molar-refractivity contribution in [1.82, 2.24) is 0 Å². The number of nitrogens with one attached hydrogen (secondary N) is 1. The van der Waals surface area contributed by atoms with E-state index in [1.807, 2.05) is 24.3 Å². The fourth-order valence-electron chi connectivity index (χ4n) is 3.30. The zero-order chi connectivity index (χ0) is 16.5. The number of anilines is 1. The zero-order valence-corrected chi connectivity index (χ0v) is 13.4. The van der Waals surface area contributed by atoms with Crippen molar-refractivity contribution in [3.05, 3.63) is 78.9 Å². The summed E-state index contributed by atoms with van der Waals surface area (Å²) >= 11 is 0. The molecule has 4 aromatic rings. The van der Waals surface area contributed by atoms with Gasteiger partial charge in [-0.3, -0.25) is 4.79 Å². The fourth-order valence-corrected chi connectivity index (χ4v) is 3.30. The van der Waals surface area contributed by atoms with Gasteiger partial charge < -0.3 is 5.32 Å². The van der Waals surface area contributed by atoms with E-state index in [-0.39, 0.29) is 5.91 Å². The second-order valence-corrected chi connectivity index (χ2v) is 5.92. The van der Waals surface area contributed by atoms with E-state index in [1.165, 1.54) is 10.8 Å². The Kier molecular flexibility index (Phi) is 3.51. The molecule has 0 fully saturated rings. The normalized spacial score (nSPS) is 10.9. The van der Waals surface area contributed by atoms with E-state index in [0.29, 0.717) is 0 Å². The van der Waals surface area contributed by atoms with Crippen molar-refractivity contribution in [3.63, 3.8) is 0 Å². The van der Waals surface area contributed by atoms with Crippen molar-refractivity contribution in [1.29, 1.82) is 0 Å². The minimum atomic E-state index is -0.0632. The SMILES string of the molecule is CC(=O)Nc1ccc2ccccc2c1-c1cccc2ccccc12. The van der Waals surface area contributed by atoms with Gasteiger partial charge in [0.05, 0.1) is 0 Å². The van der Waals surface area contributed by atoms with Gasteiger partial charge in [0.25, 0.3) is 0 Å². The van der Waals surface area contributed by atoms with Crippen molar-refractivity contribution in [2.75, 3.05) is 5.32 Å². The summed E-state index contributed by atoms with van der Waals surface area (Å²) in [4.78, 5) is 11.7. The van der Waals surface area contributed by atoms with Crippen molar-refractivity contribution in [2.24, 2.45) is 0 Å². The van der Waals surface area contributed by atoms with Crippen LogP contribution in [0, 0.1) is 0 Å². The Morgan fingerprint density at radius 1 is 0.708 bits per heavy atom. The summed E-state index contributed by atoms with van der Waals surface area (Å²) in [6, 6.07) is 27.0. The first kappa shape index (κ1) is 14.5. The van der Waals surface area contributed by atoms with Gasteiger partial charge in [-0.2, -0.15) is 0 Å². The fraction of sp³-hybridized carbons (Fsp3) is 0.0455. The van der Waals surface area contributed by atoms with Gasteiger partial charge in [-0.05, 0) is 33.2 Å². The largest absolute Gasteiger partial charge is 0.326 e. The van der Waals surface area contributed by atoms with Crippen LogP contribution in [0.5, 0.6) is 0 Å². The lowest BCUT2D eigenvalue weighted by molar-refractivity contribution is -0.114. The van der Waals surface area contributed by atoms with Crippen LogP contribution in [0.2, 0.25) is 0 Å². The first-order chi connectivity index (χ1) is 11.7. The number of carbonyl (C=O) groups is 1. The van der Waals surface area contributed by atoms with Crippen LogP contribution in [0.4, 0.5) is 5.69 Å². The highest BCUT2D eigenvalue weighted by Crippen LogP contribution is 2.39. The summed E-state index contributed by atoms with van der Waals surface area (Å²) in [5.41, 5.74) is 3.05. The molecule has 0 saturated carbocycles. The van der Waals surface area contributed by atoms with Crippen LogP contribution in [0.15, 0.2) is 78.9 Å². The molecule has 0 heterocycles. The van der Waals surface area contributed by atoms with E-state index in [9.17, 15) is 4.79 Å². The van der Waals surface area contributed by atoms with Crippen molar-refractivity contribution in [2.45, 2.75) is 6.92 Å². The average Bonchev–Trinajstić information content (AvgIpc) is 2.61. The van der Waals surface area contributed by atoms with Gasteiger partial charge in [0.2, 0.25) is 5.91 Å². The number of hydrogen-bond donors (Lipinski definition) is 1. The molecular weight excluding hydrogens is 294 g/mol. The maximum absolute atomic E-state index is 11.7. The Morgan fingerprint density at radius 2 is 1.33 bits per heavy atom. The summed E-state index contributed by atoms with van der Waals surface area (Å²) in [5.74, 6) is -0.0632. The van der Waals surface area contributed by atoms with Crippen LogP contribution < -0.4 is 5.32 Å². The molecule has 0 saturated heterocycles. The van der Waals surface area contributed by atoms with Crippen molar-refractivity contribution in [3.8, 4) is 11.1 Å². The molecule has 116 valence electrons. The first-order valence-electron chi connectivity index (χ1n) is 8.01. The summed E-state index contributed by atoms with van der Waals surface area (Å²) in [5, 5.41) is 7.67. The summed E-state index contributed by atoms with van der Waals surface area (Å²) in [6.45, 7) is 1.54. The number of fused-ring (bicyclic) bond motifs is 2. The summed E-state index contributed by atoms with van der Waals surface area (Å²) in [6.07, 6.45) is 0. The van der Waals surface area contributed by atoms with Gasteiger partial charge in [0.15, 0.2) is 0 Å². The van der Waals surface area contributed by atoms with Gasteiger partial charge in [-0.15, -0.1) is 0 Å². The zero-order valence-electron chi connectivity index (χ0n) is 13.4. The predicted octanol–water partition coefficient (Wildman–Crippen LogP) is 5.62. The molecule has 0 radical (unpaired) electrons. The minimum absolute atomic E-state index is 0.0632. The van der Waals surface area contributed by atoms with E-state index in [1.54, 1.807) is 6.92 Å². The Hall–Kier alpha value is -3.13. The monoisotopic (exact) mass is 311 g/mol. The second kappa shape index (κ2) is 5.82. The molecule has 1 amide bonds. The summed E-state index contributed by atoms with van der Waals surface area (Å²) in [7, 11) is 0. The maximum atomic E-state index is 11.7. The van der Waals surface area contributed by atoms with E-state index in [2.05, 4.69) is 59.9 Å². The van der Waals surface area contributed by atoms with E-state index in [4.69, 9.17) is 0 Å². The highest BCUT2D eigenvalue weighted by molar-refractivity contribution is 6.11. The van der Waals surface area contributed by atoms with Gasteiger partial charge in [0, 0.05) is 18.2 Å². The number of carbonyl (C=O) groups excluding carboxylic acids is 1. The van der Waals surface area contributed by atoms with Crippen molar-refractivity contribution >= 4 is 33.1 Å². The smallest absolute Gasteiger partial charge is 0.221 e. The lowest BCUT2D eigenvalue weighted by Gasteiger charge is -2.15. The van der Waals surface area contributed by atoms with Crippen LogP contribution in [0.3, 0.4) is 0 Å². The Labute approximate surface area is 140 Å². The van der Waals surface area contributed by atoms with Gasteiger partial charge in [0.1, 0.15) is 0 Å². The first-order valence-corrected chi connectivity index (χ1v) is 8.01. The molecule has 0 atom stereocenters.